The Morgan fingerprint density at radius 2 is 2.14 bits per heavy atom. The maximum Gasteiger partial charge on any atom is 0.251 e. The summed E-state index contributed by atoms with van der Waals surface area (Å²) in [5.74, 6) is 0.369. The van der Waals surface area contributed by atoms with Crippen LogP contribution in [0.2, 0.25) is 0 Å². The fraction of sp³-hybridized carbons (Fsp3) is 0.500. The summed E-state index contributed by atoms with van der Waals surface area (Å²) < 4.78 is 5.77. The molecule has 1 heterocycles. The van der Waals surface area contributed by atoms with E-state index in [1.54, 1.807) is 6.08 Å². The zero-order valence-corrected chi connectivity index (χ0v) is 12.5. The largest absolute Gasteiger partial charge is 0.472 e. The van der Waals surface area contributed by atoms with Crippen molar-refractivity contribution >= 4 is 5.91 Å². The summed E-state index contributed by atoms with van der Waals surface area (Å²) in [7, 11) is 0. The summed E-state index contributed by atoms with van der Waals surface area (Å²) in [5.41, 5.74) is 0.211. The van der Waals surface area contributed by atoms with Crippen LogP contribution in [0.25, 0.3) is 0 Å². The summed E-state index contributed by atoms with van der Waals surface area (Å²) in [4.78, 5) is 19.7. The number of hydrogen-bond donors (Lipinski definition) is 1. The molecule has 0 aromatic carbocycles. The fourth-order valence-electron chi connectivity index (χ4n) is 2.50. The van der Waals surface area contributed by atoms with Gasteiger partial charge >= 0.3 is 0 Å². The monoisotopic (exact) mass is 300 g/mol. The second kappa shape index (κ2) is 8.13. The van der Waals surface area contributed by atoms with Crippen molar-refractivity contribution in [2.75, 3.05) is 0 Å². The van der Waals surface area contributed by atoms with Crippen LogP contribution < -0.4 is 10.1 Å². The lowest BCUT2D eigenvalue weighted by atomic mass is 9.93. The van der Waals surface area contributed by atoms with Crippen molar-refractivity contribution in [1.29, 1.82) is 5.26 Å². The Balaban J connectivity index is 1.79. The van der Waals surface area contributed by atoms with E-state index in [4.69, 9.17) is 10.00 Å². The number of nitrogens with zero attached hydrogens (tertiary/aromatic N) is 3. The van der Waals surface area contributed by atoms with Gasteiger partial charge in [0, 0.05) is 24.9 Å². The normalized spacial score (nSPS) is 20.7. The predicted molar refractivity (Wildman–Crippen MR) is 81.0 cm³/mol. The molecule has 1 aliphatic carbocycles. The lowest BCUT2D eigenvalue weighted by Crippen LogP contribution is -2.39. The molecule has 1 aromatic rings. The molecule has 1 aromatic heterocycles. The number of nitrogens with one attached hydrogen (secondary N) is 1. The molecule has 0 saturated heterocycles. The van der Waals surface area contributed by atoms with E-state index in [1.807, 2.05) is 6.07 Å². The van der Waals surface area contributed by atoms with E-state index >= 15 is 0 Å². The van der Waals surface area contributed by atoms with Crippen LogP contribution in [0.15, 0.2) is 25.0 Å². The summed E-state index contributed by atoms with van der Waals surface area (Å²) >= 11 is 0. The van der Waals surface area contributed by atoms with Crippen LogP contribution in [-0.4, -0.2) is 28.0 Å². The van der Waals surface area contributed by atoms with Gasteiger partial charge < -0.3 is 10.1 Å². The summed E-state index contributed by atoms with van der Waals surface area (Å²) in [5, 5.41) is 12.0. The van der Waals surface area contributed by atoms with E-state index in [0.29, 0.717) is 18.7 Å². The maximum absolute atomic E-state index is 11.7. The zero-order chi connectivity index (χ0) is 15.8. The zero-order valence-electron chi connectivity index (χ0n) is 12.5. The van der Waals surface area contributed by atoms with Crippen LogP contribution in [0.3, 0.4) is 0 Å². The molecule has 1 N–H and O–H groups in total. The molecule has 0 radical (unpaired) electrons. The molecule has 6 nitrogen and oxygen atoms in total. The van der Waals surface area contributed by atoms with Gasteiger partial charge in [0.05, 0.1) is 0 Å². The molecule has 0 spiro atoms. The minimum atomic E-state index is 0.0186. The number of hydrogen-bond acceptors (Lipinski definition) is 5. The number of allylic oxidation sites excluding steroid dienone is 1. The third kappa shape index (κ3) is 4.55. The minimum absolute atomic E-state index is 0.0186. The first-order chi connectivity index (χ1) is 10.7. The Bertz CT molecular complexity index is 560. The number of carbonyl (C=O) groups is 1. The number of rotatable bonds is 6. The van der Waals surface area contributed by atoms with Crippen molar-refractivity contribution < 1.29 is 9.53 Å². The van der Waals surface area contributed by atoms with Gasteiger partial charge in [-0.1, -0.05) is 6.08 Å². The molecule has 1 amide bonds. The van der Waals surface area contributed by atoms with Crippen LogP contribution in [-0.2, 0) is 4.79 Å². The lowest BCUT2D eigenvalue weighted by molar-refractivity contribution is -0.122. The van der Waals surface area contributed by atoms with Crippen molar-refractivity contribution in [2.45, 2.75) is 50.7 Å². The summed E-state index contributed by atoms with van der Waals surface area (Å²) in [6.45, 7) is 3.61. The second-order valence-electron chi connectivity index (χ2n) is 5.31. The van der Waals surface area contributed by atoms with E-state index in [2.05, 4.69) is 21.9 Å². The molecule has 1 fully saturated rings. The van der Waals surface area contributed by atoms with Crippen molar-refractivity contribution in [2.24, 2.45) is 0 Å². The molecule has 1 saturated carbocycles. The molecule has 0 atom stereocenters. The van der Waals surface area contributed by atoms with E-state index < -0.39 is 0 Å². The molecule has 0 bridgehead atoms. The number of ether oxygens (including phenoxy) is 1. The molecule has 6 heteroatoms. The van der Waals surface area contributed by atoms with Crippen LogP contribution in [0.4, 0.5) is 0 Å². The van der Waals surface area contributed by atoms with Crippen LogP contribution >= 0.6 is 0 Å². The van der Waals surface area contributed by atoms with Gasteiger partial charge in [0.2, 0.25) is 11.6 Å². The lowest BCUT2D eigenvalue weighted by Gasteiger charge is -2.29. The second-order valence-corrected chi connectivity index (χ2v) is 5.31. The van der Waals surface area contributed by atoms with Crippen LogP contribution in [0.5, 0.6) is 5.88 Å². The van der Waals surface area contributed by atoms with Gasteiger partial charge in [-0.2, -0.15) is 5.26 Å². The molecule has 2 rings (SSSR count). The SMILES string of the molecule is C=CCCC(=O)NC1CCC(Oc2nccnc2C#N)CC1. The smallest absolute Gasteiger partial charge is 0.251 e. The third-order valence-corrected chi connectivity index (χ3v) is 3.66. The first kappa shape index (κ1) is 16.0. The van der Waals surface area contributed by atoms with Gasteiger partial charge in [-0.05, 0) is 32.1 Å². The van der Waals surface area contributed by atoms with Gasteiger partial charge in [-0.25, -0.2) is 9.97 Å². The topological polar surface area (TPSA) is 87.9 Å². The molecule has 116 valence electrons. The number of aromatic nitrogens is 2. The molecule has 22 heavy (non-hydrogen) atoms. The average molecular weight is 300 g/mol. The highest BCUT2D eigenvalue weighted by Gasteiger charge is 2.24. The predicted octanol–water partition coefficient (Wildman–Crippen LogP) is 2.12. The summed E-state index contributed by atoms with van der Waals surface area (Å²) in [6.07, 6.45) is 9.34. The molecule has 0 unspecified atom stereocenters. The van der Waals surface area contributed by atoms with E-state index in [0.717, 1.165) is 25.7 Å². The molecule has 1 aliphatic rings. The van der Waals surface area contributed by atoms with E-state index in [-0.39, 0.29) is 23.7 Å². The van der Waals surface area contributed by atoms with Crippen molar-refractivity contribution in [3.8, 4) is 11.9 Å². The Labute approximate surface area is 130 Å². The van der Waals surface area contributed by atoms with E-state index in [1.165, 1.54) is 12.4 Å². The maximum atomic E-state index is 11.7. The van der Waals surface area contributed by atoms with Crippen molar-refractivity contribution in [3.05, 3.63) is 30.7 Å². The first-order valence-corrected chi connectivity index (χ1v) is 7.51. The van der Waals surface area contributed by atoms with Crippen LogP contribution in [0.1, 0.15) is 44.2 Å². The highest BCUT2D eigenvalue weighted by Crippen LogP contribution is 2.24. The van der Waals surface area contributed by atoms with Gasteiger partial charge in [0.15, 0.2) is 0 Å². The van der Waals surface area contributed by atoms with Gasteiger partial charge in [-0.3, -0.25) is 4.79 Å². The summed E-state index contributed by atoms with van der Waals surface area (Å²) in [6, 6.07) is 2.18. The molecular weight excluding hydrogens is 280 g/mol. The van der Waals surface area contributed by atoms with Crippen molar-refractivity contribution in [1.82, 2.24) is 15.3 Å². The van der Waals surface area contributed by atoms with Gasteiger partial charge in [-0.15, -0.1) is 6.58 Å². The number of nitriles is 1. The van der Waals surface area contributed by atoms with Gasteiger partial charge in [0.25, 0.3) is 5.88 Å². The Morgan fingerprint density at radius 3 is 2.82 bits per heavy atom. The average Bonchev–Trinajstić information content (AvgIpc) is 2.55. The highest BCUT2D eigenvalue weighted by molar-refractivity contribution is 5.76. The number of carbonyl (C=O) groups excluding carboxylic acids is 1. The van der Waals surface area contributed by atoms with E-state index in [9.17, 15) is 4.79 Å². The fourth-order valence-corrected chi connectivity index (χ4v) is 2.50. The number of amides is 1. The third-order valence-electron chi connectivity index (χ3n) is 3.66. The molecular formula is C16H20N4O2. The van der Waals surface area contributed by atoms with Crippen molar-refractivity contribution in [3.63, 3.8) is 0 Å². The highest BCUT2D eigenvalue weighted by atomic mass is 16.5. The Morgan fingerprint density at radius 1 is 1.41 bits per heavy atom. The Hall–Kier alpha value is -2.42. The van der Waals surface area contributed by atoms with Crippen LogP contribution in [0, 0.1) is 11.3 Å². The quantitative estimate of drug-likeness (QED) is 0.813. The first-order valence-electron chi connectivity index (χ1n) is 7.51. The van der Waals surface area contributed by atoms with Gasteiger partial charge in [0.1, 0.15) is 12.2 Å². The minimum Gasteiger partial charge on any atom is -0.472 e. The standard InChI is InChI=1S/C16H20N4O2/c1-2-3-4-15(21)20-12-5-7-13(8-6-12)22-16-14(11-17)18-9-10-19-16/h2,9-10,12-13H,1,3-8H2,(H,20,21). The Kier molecular flexibility index (Phi) is 5.90. The molecule has 0 aliphatic heterocycles.